The van der Waals surface area contributed by atoms with E-state index in [-0.39, 0.29) is 12.4 Å². The number of ether oxygens (including phenoxy) is 1. The molecule has 0 saturated carbocycles. The van der Waals surface area contributed by atoms with E-state index in [1.165, 1.54) is 6.07 Å². The van der Waals surface area contributed by atoms with E-state index >= 15 is 0 Å². The van der Waals surface area contributed by atoms with Gasteiger partial charge in [0.05, 0.1) is 0 Å². The summed E-state index contributed by atoms with van der Waals surface area (Å²) in [7, 11) is 0. The molecule has 2 aromatic rings. The summed E-state index contributed by atoms with van der Waals surface area (Å²) in [6, 6.07) is 10.8. The van der Waals surface area contributed by atoms with Crippen molar-refractivity contribution in [2.45, 2.75) is 25.4 Å². The largest absolute Gasteiger partial charge is 0.473 e. The lowest BCUT2D eigenvalue weighted by Crippen LogP contribution is -2.27. The van der Waals surface area contributed by atoms with Crippen LogP contribution in [0.4, 0.5) is 4.39 Å². The minimum Gasteiger partial charge on any atom is -0.473 e. The van der Waals surface area contributed by atoms with Crippen LogP contribution in [-0.2, 0) is 6.61 Å². The second kappa shape index (κ2) is 7.20. The maximum Gasteiger partial charge on any atom is 0.213 e. The Kier molecular flexibility index (Phi) is 5.05. The molecule has 0 bridgehead atoms. The van der Waals surface area contributed by atoms with Gasteiger partial charge in [0.25, 0.3) is 0 Å². The second-order valence-electron chi connectivity index (χ2n) is 5.45. The van der Waals surface area contributed by atoms with Gasteiger partial charge in [-0.25, -0.2) is 9.37 Å². The first kappa shape index (κ1) is 15.4. The Morgan fingerprint density at radius 3 is 2.82 bits per heavy atom. The van der Waals surface area contributed by atoms with Crippen molar-refractivity contribution in [2.24, 2.45) is 0 Å². The number of nitrogens with one attached hydrogen (secondary N) is 1. The molecule has 1 aromatic carbocycles. The van der Waals surface area contributed by atoms with Crippen LogP contribution in [0.15, 0.2) is 40.9 Å². The summed E-state index contributed by atoms with van der Waals surface area (Å²) in [4.78, 5) is 4.58. The number of hydrogen-bond donors (Lipinski definition) is 1. The highest BCUT2D eigenvalue weighted by Crippen LogP contribution is 2.25. The molecule has 0 amide bonds. The van der Waals surface area contributed by atoms with Crippen LogP contribution < -0.4 is 10.1 Å². The highest BCUT2D eigenvalue weighted by Gasteiger charge is 2.16. The number of halogens is 2. The molecule has 1 aliphatic rings. The third-order valence-corrected chi connectivity index (χ3v) is 4.39. The van der Waals surface area contributed by atoms with Crippen molar-refractivity contribution in [1.29, 1.82) is 0 Å². The molecule has 0 aliphatic carbocycles. The number of piperidine rings is 1. The van der Waals surface area contributed by atoms with Gasteiger partial charge in [-0.05, 0) is 44.1 Å². The fraction of sp³-hybridized carbons (Fsp3) is 0.353. The molecule has 1 N–H and O–H groups in total. The van der Waals surface area contributed by atoms with Crippen LogP contribution >= 0.6 is 15.9 Å². The molecular weight excluding hydrogens is 347 g/mol. The molecule has 0 spiro atoms. The Morgan fingerprint density at radius 2 is 2.05 bits per heavy atom. The zero-order valence-electron chi connectivity index (χ0n) is 12.2. The van der Waals surface area contributed by atoms with Gasteiger partial charge >= 0.3 is 0 Å². The Hall–Kier alpha value is -1.46. The Balaban J connectivity index is 1.67. The van der Waals surface area contributed by atoms with Crippen LogP contribution in [0.1, 0.15) is 30.0 Å². The zero-order chi connectivity index (χ0) is 15.4. The average Bonchev–Trinajstić information content (AvgIpc) is 2.55. The first-order valence-electron chi connectivity index (χ1n) is 7.47. The van der Waals surface area contributed by atoms with Crippen LogP contribution in [-0.4, -0.2) is 18.1 Å². The summed E-state index contributed by atoms with van der Waals surface area (Å²) < 4.78 is 20.2. The molecule has 5 heteroatoms. The number of benzene rings is 1. The molecule has 1 saturated heterocycles. The van der Waals surface area contributed by atoms with E-state index in [0.29, 0.717) is 17.4 Å². The lowest BCUT2D eigenvalue weighted by Gasteiger charge is -2.22. The van der Waals surface area contributed by atoms with E-state index in [2.05, 4.69) is 26.2 Å². The van der Waals surface area contributed by atoms with Gasteiger partial charge in [0, 0.05) is 27.7 Å². The minimum absolute atomic E-state index is 0.182. The van der Waals surface area contributed by atoms with Gasteiger partial charge in [0.15, 0.2) is 0 Å². The number of pyridine rings is 1. The molecule has 0 atom stereocenters. The molecule has 0 radical (unpaired) electrons. The van der Waals surface area contributed by atoms with E-state index in [1.807, 2.05) is 18.2 Å². The lowest BCUT2D eigenvalue weighted by atomic mass is 9.94. The van der Waals surface area contributed by atoms with Crippen LogP contribution in [0.3, 0.4) is 0 Å². The standard InChI is InChI=1S/C17H18BrFN2O/c18-14-5-4-13(15(19)10-14)11-22-17-3-1-2-16(21-17)12-6-8-20-9-7-12/h1-5,10,12,20H,6-9,11H2. The highest BCUT2D eigenvalue weighted by molar-refractivity contribution is 9.10. The topological polar surface area (TPSA) is 34.1 Å². The molecule has 116 valence electrons. The fourth-order valence-electron chi connectivity index (χ4n) is 2.65. The van der Waals surface area contributed by atoms with Gasteiger partial charge in [0.1, 0.15) is 12.4 Å². The van der Waals surface area contributed by atoms with Crippen molar-refractivity contribution in [3.05, 3.63) is 57.9 Å². The van der Waals surface area contributed by atoms with Gasteiger partial charge in [-0.2, -0.15) is 0 Å². The van der Waals surface area contributed by atoms with Crippen molar-refractivity contribution >= 4 is 15.9 Å². The van der Waals surface area contributed by atoms with E-state index in [4.69, 9.17) is 4.74 Å². The number of rotatable bonds is 4. The van der Waals surface area contributed by atoms with E-state index in [9.17, 15) is 4.39 Å². The first-order valence-corrected chi connectivity index (χ1v) is 8.26. The summed E-state index contributed by atoms with van der Waals surface area (Å²) in [6.07, 6.45) is 2.19. The van der Waals surface area contributed by atoms with Crippen LogP contribution in [0.2, 0.25) is 0 Å². The highest BCUT2D eigenvalue weighted by atomic mass is 79.9. The zero-order valence-corrected chi connectivity index (χ0v) is 13.8. The predicted octanol–water partition coefficient (Wildman–Crippen LogP) is 4.03. The fourth-order valence-corrected chi connectivity index (χ4v) is 2.98. The van der Waals surface area contributed by atoms with Gasteiger partial charge in [0.2, 0.25) is 5.88 Å². The molecule has 3 nitrogen and oxygen atoms in total. The van der Waals surface area contributed by atoms with Crippen LogP contribution in [0.25, 0.3) is 0 Å². The molecular formula is C17H18BrFN2O. The van der Waals surface area contributed by atoms with Crippen LogP contribution in [0, 0.1) is 5.82 Å². The second-order valence-corrected chi connectivity index (χ2v) is 6.37. The van der Waals surface area contributed by atoms with Crippen molar-refractivity contribution in [1.82, 2.24) is 10.3 Å². The van der Waals surface area contributed by atoms with Gasteiger partial charge < -0.3 is 10.1 Å². The van der Waals surface area contributed by atoms with Crippen molar-refractivity contribution in [3.63, 3.8) is 0 Å². The summed E-state index contributed by atoms with van der Waals surface area (Å²) in [5.74, 6) is 0.761. The molecule has 0 unspecified atom stereocenters. The Labute approximate surface area is 138 Å². The lowest BCUT2D eigenvalue weighted by molar-refractivity contribution is 0.286. The summed E-state index contributed by atoms with van der Waals surface area (Å²) >= 11 is 3.25. The Morgan fingerprint density at radius 1 is 1.23 bits per heavy atom. The van der Waals surface area contributed by atoms with E-state index < -0.39 is 0 Å². The van der Waals surface area contributed by atoms with Gasteiger partial charge in [-0.3, -0.25) is 0 Å². The quantitative estimate of drug-likeness (QED) is 0.889. The minimum atomic E-state index is -0.274. The molecule has 22 heavy (non-hydrogen) atoms. The average molecular weight is 365 g/mol. The summed E-state index contributed by atoms with van der Waals surface area (Å²) in [5.41, 5.74) is 1.59. The summed E-state index contributed by atoms with van der Waals surface area (Å²) in [6.45, 7) is 2.24. The third kappa shape index (κ3) is 3.84. The maximum absolute atomic E-state index is 13.8. The normalized spacial score (nSPS) is 15.7. The molecule has 3 rings (SSSR count). The van der Waals surface area contributed by atoms with E-state index in [0.717, 1.165) is 36.1 Å². The van der Waals surface area contributed by atoms with Crippen LogP contribution in [0.5, 0.6) is 5.88 Å². The van der Waals surface area contributed by atoms with Gasteiger partial charge in [-0.1, -0.05) is 28.1 Å². The summed E-state index contributed by atoms with van der Waals surface area (Å²) in [5, 5.41) is 3.35. The van der Waals surface area contributed by atoms with E-state index in [1.54, 1.807) is 12.1 Å². The Bertz CT molecular complexity index is 644. The molecule has 1 fully saturated rings. The first-order chi connectivity index (χ1) is 10.7. The number of nitrogens with zero attached hydrogens (tertiary/aromatic N) is 1. The SMILES string of the molecule is Fc1cc(Br)ccc1COc1cccc(C2CCNCC2)n1. The molecule has 1 aliphatic heterocycles. The number of hydrogen-bond acceptors (Lipinski definition) is 3. The van der Waals surface area contributed by atoms with Crippen molar-refractivity contribution in [2.75, 3.05) is 13.1 Å². The third-order valence-electron chi connectivity index (χ3n) is 3.89. The monoisotopic (exact) mass is 364 g/mol. The number of aromatic nitrogens is 1. The van der Waals surface area contributed by atoms with Crippen molar-refractivity contribution in [3.8, 4) is 5.88 Å². The van der Waals surface area contributed by atoms with Crippen molar-refractivity contribution < 1.29 is 9.13 Å². The predicted molar refractivity (Wildman–Crippen MR) is 87.5 cm³/mol. The maximum atomic E-state index is 13.8. The molecule has 2 heterocycles. The molecule has 1 aromatic heterocycles. The van der Waals surface area contributed by atoms with Gasteiger partial charge in [-0.15, -0.1) is 0 Å². The smallest absolute Gasteiger partial charge is 0.213 e.